The molecule has 104 valence electrons. The minimum Gasteiger partial charge on any atom is -0.477 e. The fourth-order valence-corrected chi connectivity index (χ4v) is 2.89. The monoisotopic (exact) mass is 291 g/mol. The van der Waals surface area contributed by atoms with Crippen molar-refractivity contribution in [3.05, 3.63) is 44.2 Å². The first-order valence-electron chi connectivity index (χ1n) is 6.50. The molecule has 2 aromatic rings. The lowest BCUT2D eigenvalue weighted by Crippen LogP contribution is -2.22. The van der Waals surface area contributed by atoms with Crippen molar-refractivity contribution in [2.75, 3.05) is 0 Å². The molecule has 5 heteroatoms. The maximum Gasteiger partial charge on any atom is 0.352 e. The standard InChI is InChI=1S/C15H14ClNO3/c1-7-11(16)6-5-10-12(7)17(9-3-4-9)13(15(19)20)8(2)14(10)18/h5-6,9H,3-4H2,1-2H3,(H,19,20). The highest BCUT2D eigenvalue weighted by Crippen LogP contribution is 2.40. The smallest absolute Gasteiger partial charge is 0.352 e. The fraction of sp³-hybridized carbons (Fsp3) is 0.333. The van der Waals surface area contributed by atoms with E-state index >= 15 is 0 Å². The minimum absolute atomic E-state index is 0.0929. The SMILES string of the molecule is Cc1c(C(=O)O)n(C2CC2)c2c(C)c(Cl)ccc2c1=O. The van der Waals surface area contributed by atoms with E-state index < -0.39 is 5.97 Å². The Kier molecular flexibility index (Phi) is 2.87. The number of carboxylic acid groups (broad SMARTS) is 1. The van der Waals surface area contributed by atoms with E-state index in [-0.39, 0.29) is 17.2 Å². The molecule has 0 atom stereocenters. The van der Waals surface area contributed by atoms with E-state index in [1.807, 2.05) is 6.92 Å². The van der Waals surface area contributed by atoms with Crippen LogP contribution in [-0.2, 0) is 0 Å². The summed E-state index contributed by atoms with van der Waals surface area (Å²) < 4.78 is 1.79. The number of hydrogen-bond acceptors (Lipinski definition) is 2. The van der Waals surface area contributed by atoms with Gasteiger partial charge in [0, 0.05) is 22.0 Å². The Labute approximate surface area is 120 Å². The maximum atomic E-state index is 12.4. The van der Waals surface area contributed by atoms with Crippen molar-refractivity contribution in [1.82, 2.24) is 4.57 Å². The van der Waals surface area contributed by atoms with E-state index in [9.17, 15) is 14.7 Å². The van der Waals surface area contributed by atoms with Gasteiger partial charge in [-0.2, -0.15) is 0 Å². The van der Waals surface area contributed by atoms with Gasteiger partial charge < -0.3 is 9.67 Å². The molecule has 1 saturated carbocycles. The molecule has 1 aliphatic carbocycles. The quantitative estimate of drug-likeness (QED) is 0.923. The van der Waals surface area contributed by atoms with Crippen molar-refractivity contribution in [3.63, 3.8) is 0 Å². The molecular weight excluding hydrogens is 278 g/mol. The predicted molar refractivity (Wildman–Crippen MR) is 77.9 cm³/mol. The summed E-state index contributed by atoms with van der Waals surface area (Å²) in [6, 6.07) is 3.53. The van der Waals surface area contributed by atoms with Crippen molar-refractivity contribution in [2.24, 2.45) is 0 Å². The molecule has 0 spiro atoms. The van der Waals surface area contributed by atoms with Gasteiger partial charge in [-0.3, -0.25) is 4.79 Å². The summed E-state index contributed by atoms with van der Waals surface area (Å²) in [5.41, 5.74) is 1.58. The zero-order chi connectivity index (χ0) is 14.6. The molecule has 0 bridgehead atoms. The van der Waals surface area contributed by atoms with Crippen LogP contribution in [0.3, 0.4) is 0 Å². The largest absolute Gasteiger partial charge is 0.477 e. The van der Waals surface area contributed by atoms with Crippen LogP contribution in [-0.4, -0.2) is 15.6 Å². The molecule has 0 unspecified atom stereocenters. The molecular formula is C15H14ClNO3. The van der Waals surface area contributed by atoms with E-state index in [1.54, 1.807) is 23.6 Å². The first-order chi connectivity index (χ1) is 9.43. The number of pyridine rings is 1. The maximum absolute atomic E-state index is 12.4. The Morgan fingerprint density at radius 2 is 1.95 bits per heavy atom. The molecule has 1 heterocycles. The number of carbonyl (C=O) groups is 1. The zero-order valence-corrected chi connectivity index (χ0v) is 12.0. The summed E-state index contributed by atoms with van der Waals surface area (Å²) >= 11 is 6.15. The molecule has 1 fully saturated rings. The molecule has 4 nitrogen and oxygen atoms in total. The third-order valence-electron chi connectivity index (χ3n) is 3.90. The van der Waals surface area contributed by atoms with Gasteiger partial charge in [0.2, 0.25) is 0 Å². The second-order valence-electron chi connectivity index (χ2n) is 5.28. The Hall–Kier alpha value is -1.81. The van der Waals surface area contributed by atoms with Crippen molar-refractivity contribution >= 4 is 28.5 Å². The number of aryl methyl sites for hydroxylation is 1. The molecule has 1 aliphatic rings. The highest BCUT2D eigenvalue weighted by Gasteiger charge is 2.31. The third kappa shape index (κ3) is 1.75. The molecule has 3 rings (SSSR count). The normalized spacial score (nSPS) is 14.8. The number of aromatic nitrogens is 1. The van der Waals surface area contributed by atoms with Crippen LogP contribution in [0.15, 0.2) is 16.9 Å². The molecule has 20 heavy (non-hydrogen) atoms. The molecule has 0 amide bonds. The highest BCUT2D eigenvalue weighted by atomic mass is 35.5. The van der Waals surface area contributed by atoms with Crippen LogP contribution in [0.4, 0.5) is 0 Å². The average Bonchev–Trinajstić information content (AvgIpc) is 3.21. The van der Waals surface area contributed by atoms with Gasteiger partial charge in [0.05, 0.1) is 5.52 Å². The van der Waals surface area contributed by atoms with E-state index in [0.717, 1.165) is 18.4 Å². The zero-order valence-electron chi connectivity index (χ0n) is 11.2. The fourth-order valence-electron chi connectivity index (χ4n) is 2.73. The third-order valence-corrected chi connectivity index (χ3v) is 4.31. The van der Waals surface area contributed by atoms with Gasteiger partial charge in [0.25, 0.3) is 0 Å². The second-order valence-corrected chi connectivity index (χ2v) is 5.68. The van der Waals surface area contributed by atoms with E-state index in [0.29, 0.717) is 21.5 Å². The van der Waals surface area contributed by atoms with Gasteiger partial charge in [-0.25, -0.2) is 4.79 Å². The Balaban J connectivity index is 2.59. The number of nitrogens with zero attached hydrogens (tertiary/aromatic N) is 1. The predicted octanol–water partition coefficient (Wildman–Crippen LogP) is 3.30. The topological polar surface area (TPSA) is 59.3 Å². The summed E-state index contributed by atoms with van der Waals surface area (Å²) in [6.07, 6.45) is 1.87. The van der Waals surface area contributed by atoms with Gasteiger partial charge in [0.15, 0.2) is 5.43 Å². The van der Waals surface area contributed by atoms with E-state index in [2.05, 4.69) is 0 Å². The lowest BCUT2D eigenvalue weighted by Gasteiger charge is -2.18. The molecule has 1 N–H and O–H groups in total. The molecule has 0 saturated heterocycles. The summed E-state index contributed by atoms with van der Waals surface area (Å²) in [5, 5.41) is 10.6. The summed E-state index contributed by atoms with van der Waals surface area (Å²) in [5.74, 6) is -1.06. The second kappa shape index (κ2) is 4.35. The Morgan fingerprint density at radius 1 is 1.30 bits per heavy atom. The summed E-state index contributed by atoms with van der Waals surface area (Å²) in [7, 11) is 0. The van der Waals surface area contributed by atoms with Crippen LogP contribution in [0.5, 0.6) is 0 Å². The average molecular weight is 292 g/mol. The lowest BCUT2D eigenvalue weighted by atomic mass is 10.0. The van der Waals surface area contributed by atoms with Crippen LogP contribution in [0.2, 0.25) is 5.02 Å². The van der Waals surface area contributed by atoms with Crippen LogP contribution in [0, 0.1) is 13.8 Å². The number of aromatic carboxylic acids is 1. The van der Waals surface area contributed by atoms with Crippen LogP contribution in [0.25, 0.3) is 10.9 Å². The molecule has 0 aliphatic heterocycles. The van der Waals surface area contributed by atoms with Crippen molar-refractivity contribution in [3.8, 4) is 0 Å². The van der Waals surface area contributed by atoms with Crippen LogP contribution in [0.1, 0.15) is 40.5 Å². The number of benzene rings is 1. The number of halogens is 1. The first-order valence-corrected chi connectivity index (χ1v) is 6.88. The number of carboxylic acids is 1. The van der Waals surface area contributed by atoms with E-state index in [1.165, 1.54) is 0 Å². The van der Waals surface area contributed by atoms with Gasteiger partial charge in [-0.1, -0.05) is 11.6 Å². The van der Waals surface area contributed by atoms with Crippen molar-refractivity contribution in [1.29, 1.82) is 0 Å². The van der Waals surface area contributed by atoms with Gasteiger partial charge in [-0.15, -0.1) is 0 Å². The Bertz CT molecular complexity index is 803. The summed E-state index contributed by atoms with van der Waals surface area (Å²) in [4.78, 5) is 24.0. The van der Waals surface area contributed by atoms with Crippen molar-refractivity contribution in [2.45, 2.75) is 32.7 Å². The van der Waals surface area contributed by atoms with Gasteiger partial charge in [-0.05, 0) is 44.4 Å². The number of fused-ring (bicyclic) bond motifs is 1. The lowest BCUT2D eigenvalue weighted by molar-refractivity contribution is 0.0683. The molecule has 0 radical (unpaired) electrons. The highest BCUT2D eigenvalue weighted by molar-refractivity contribution is 6.32. The first kappa shape index (κ1) is 13.2. The summed E-state index contributed by atoms with van der Waals surface area (Å²) in [6.45, 7) is 3.40. The molecule has 1 aromatic heterocycles. The number of hydrogen-bond donors (Lipinski definition) is 1. The molecule has 1 aromatic carbocycles. The van der Waals surface area contributed by atoms with Crippen LogP contribution >= 0.6 is 11.6 Å². The Morgan fingerprint density at radius 3 is 2.50 bits per heavy atom. The van der Waals surface area contributed by atoms with Crippen molar-refractivity contribution < 1.29 is 9.90 Å². The van der Waals surface area contributed by atoms with E-state index in [4.69, 9.17) is 11.6 Å². The number of rotatable bonds is 2. The van der Waals surface area contributed by atoms with Crippen LogP contribution < -0.4 is 5.43 Å². The van der Waals surface area contributed by atoms with Gasteiger partial charge in [0.1, 0.15) is 5.69 Å². The minimum atomic E-state index is -1.06. The van der Waals surface area contributed by atoms with Gasteiger partial charge >= 0.3 is 5.97 Å².